The van der Waals surface area contributed by atoms with Crippen molar-refractivity contribution in [2.45, 2.75) is 44.4 Å². The Hall–Kier alpha value is -1.97. The second-order valence-corrected chi connectivity index (χ2v) is 6.02. The summed E-state index contributed by atoms with van der Waals surface area (Å²) >= 11 is 0.863. The highest BCUT2D eigenvalue weighted by molar-refractivity contribution is 6.99. The second kappa shape index (κ2) is 5.91. The molecule has 2 heterocycles. The lowest BCUT2D eigenvalue weighted by Crippen LogP contribution is -2.44. The smallest absolute Gasteiger partial charge is 0.297 e. The predicted octanol–water partition coefficient (Wildman–Crippen LogP) is 2.04. The first-order chi connectivity index (χ1) is 10.9. The molecule has 1 saturated carbocycles. The van der Waals surface area contributed by atoms with Gasteiger partial charge in [-0.1, -0.05) is 12.8 Å². The van der Waals surface area contributed by atoms with E-state index < -0.39 is 23.0 Å². The van der Waals surface area contributed by atoms with Gasteiger partial charge in [0.25, 0.3) is 5.56 Å². The summed E-state index contributed by atoms with van der Waals surface area (Å²) < 4.78 is 48.7. The summed E-state index contributed by atoms with van der Waals surface area (Å²) in [6.45, 7) is -0.315. The van der Waals surface area contributed by atoms with E-state index in [9.17, 15) is 22.8 Å². The molecule has 0 saturated heterocycles. The molecule has 124 valence electrons. The van der Waals surface area contributed by atoms with E-state index in [0.717, 1.165) is 29.1 Å². The van der Waals surface area contributed by atoms with Gasteiger partial charge in [-0.15, -0.1) is 0 Å². The van der Waals surface area contributed by atoms with Gasteiger partial charge in [-0.25, -0.2) is 4.79 Å². The van der Waals surface area contributed by atoms with Crippen LogP contribution in [0.3, 0.4) is 0 Å². The van der Waals surface area contributed by atoms with Crippen molar-refractivity contribution in [1.29, 1.82) is 0 Å². The molecule has 0 atom stereocenters. The highest BCUT2D eigenvalue weighted by Crippen LogP contribution is 2.30. The Morgan fingerprint density at radius 2 is 1.96 bits per heavy atom. The Morgan fingerprint density at radius 3 is 2.52 bits per heavy atom. The van der Waals surface area contributed by atoms with E-state index in [2.05, 4.69) is 8.75 Å². The van der Waals surface area contributed by atoms with Crippen molar-refractivity contribution in [1.82, 2.24) is 17.9 Å². The molecule has 0 aromatic carbocycles. The zero-order chi connectivity index (χ0) is 16.6. The summed E-state index contributed by atoms with van der Waals surface area (Å²) in [6.07, 6.45) is 0.156. The lowest BCUT2D eigenvalue weighted by atomic mass is 10.2. The molecular weight excluding hydrogens is 333 g/mol. The van der Waals surface area contributed by atoms with Gasteiger partial charge < -0.3 is 0 Å². The SMILES string of the molecule is O=c1c(C(F)(F)F)cn(C2CCCC2)c(=O)n1Cc1cnsn1. The monoisotopic (exact) mass is 346 g/mol. The fourth-order valence-electron chi connectivity index (χ4n) is 2.81. The van der Waals surface area contributed by atoms with E-state index in [0.29, 0.717) is 23.6 Å². The van der Waals surface area contributed by atoms with Gasteiger partial charge >= 0.3 is 11.9 Å². The van der Waals surface area contributed by atoms with Gasteiger partial charge in [0.05, 0.1) is 30.2 Å². The summed E-state index contributed by atoms with van der Waals surface area (Å²) in [5.74, 6) is 0. The first kappa shape index (κ1) is 15.9. The Kier molecular flexibility index (Phi) is 4.09. The molecule has 1 aliphatic rings. The molecule has 3 rings (SSSR count). The Balaban J connectivity index is 2.18. The first-order valence-corrected chi connectivity index (χ1v) is 7.80. The third-order valence-electron chi connectivity index (χ3n) is 3.95. The number of rotatable bonds is 3. The maximum atomic E-state index is 13.2. The molecule has 0 unspecified atom stereocenters. The van der Waals surface area contributed by atoms with Crippen LogP contribution in [0.1, 0.15) is 43.0 Å². The van der Waals surface area contributed by atoms with Gasteiger partial charge in [-0.3, -0.25) is 13.9 Å². The highest BCUT2D eigenvalue weighted by Gasteiger charge is 2.37. The van der Waals surface area contributed by atoms with Crippen LogP contribution in [0, 0.1) is 0 Å². The fraction of sp³-hybridized carbons (Fsp3) is 0.538. The molecule has 2 aromatic heterocycles. The zero-order valence-electron chi connectivity index (χ0n) is 11.9. The van der Waals surface area contributed by atoms with Gasteiger partial charge in [0, 0.05) is 12.2 Å². The van der Waals surface area contributed by atoms with E-state index in [4.69, 9.17) is 0 Å². The lowest BCUT2D eigenvalue weighted by molar-refractivity contribution is -0.139. The van der Waals surface area contributed by atoms with Crippen LogP contribution in [0.25, 0.3) is 0 Å². The number of nitrogens with zero attached hydrogens (tertiary/aromatic N) is 4. The first-order valence-electron chi connectivity index (χ1n) is 7.07. The summed E-state index contributed by atoms with van der Waals surface area (Å²) in [4.78, 5) is 24.6. The number of hydrogen-bond donors (Lipinski definition) is 0. The van der Waals surface area contributed by atoms with Gasteiger partial charge in [0.1, 0.15) is 5.56 Å². The normalized spacial score (nSPS) is 16.1. The van der Waals surface area contributed by atoms with Crippen molar-refractivity contribution < 1.29 is 13.2 Å². The van der Waals surface area contributed by atoms with Gasteiger partial charge in [0.2, 0.25) is 0 Å². The van der Waals surface area contributed by atoms with Crippen LogP contribution in [0.4, 0.5) is 13.2 Å². The molecular formula is C13H13F3N4O2S. The number of halogens is 3. The third kappa shape index (κ3) is 3.07. The number of alkyl halides is 3. The van der Waals surface area contributed by atoms with Gasteiger partial charge in [0.15, 0.2) is 0 Å². The topological polar surface area (TPSA) is 69.8 Å². The Bertz CT molecular complexity index is 804. The largest absolute Gasteiger partial charge is 0.423 e. The third-order valence-corrected chi connectivity index (χ3v) is 4.46. The minimum Gasteiger partial charge on any atom is -0.297 e. The molecule has 0 aliphatic heterocycles. The second-order valence-electron chi connectivity index (χ2n) is 5.46. The van der Waals surface area contributed by atoms with Crippen molar-refractivity contribution in [3.63, 3.8) is 0 Å². The average Bonchev–Trinajstić information content (AvgIpc) is 3.15. The molecule has 1 aliphatic carbocycles. The summed E-state index contributed by atoms with van der Waals surface area (Å²) in [7, 11) is 0. The number of hydrogen-bond acceptors (Lipinski definition) is 5. The Labute approximate surface area is 132 Å². The van der Waals surface area contributed by atoms with Crippen molar-refractivity contribution in [2.24, 2.45) is 0 Å². The van der Waals surface area contributed by atoms with Crippen molar-refractivity contribution in [2.75, 3.05) is 0 Å². The van der Waals surface area contributed by atoms with E-state index in [-0.39, 0.29) is 18.3 Å². The average molecular weight is 346 g/mol. The summed E-state index contributed by atoms with van der Waals surface area (Å²) in [5, 5.41) is 0. The van der Waals surface area contributed by atoms with Crippen molar-refractivity contribution in [3.8, 4) is 0 Å². The van der Waals surface area contributed by atoms with E-state index in [1.165, 1.54) is 6.20 Å². The molecule has 10 heteroatoms. The summed E-state index contributed by atoms with van der Waals surface area (Å²) in [5.41, 5.74) is -3.12. The van der Waals surface area contributed by atoms with Gasteiger partial charge in [-0.05, 0) is 12.8 Å². The predicted molar refractivity (Wildman–Crippen MR) is 76.5 cm³/mol. The molecule has 0 N–H and O–H groups in total. The standard InChI is InChI=1S/C13H13F3N4O2S/c14-13(15,16)10-7-19(9-3-1-2-4-9)12(22)20(11(10)21)6-8-5-17-23-18-8/h5,7,9H,1-4,6H2. The van der Waals surface area contributed by atoms with E-state index in [1.807, 2.05) is 0 Å². The number of aromatic nitrogens is 4. The van der Waals surface area contributed by atoms with Crippen LogP contribution in [0.5, 0.6) is 0 Å². The molecule has 2 aromatic rings. The molecule has 23 heavy (non-hydrogen) atoms. The zero-order valence-corrected chi connectivity index (χ0v) is 12.7. The van der Waals surface area contributed by atoms with Crippen LogP contribution < -0.4 is 11.2 Å². The van der Waals surface area contributed by atoms with Crippen LogP contribution in [-0.4, -0.2) is 17.9 Å². The van der Waals surface area contributed by atoms with Crippen LogP contribution in [-0.2, 0) is 12.7 Å². The maximum Gasteiger partial charge on any atom is 0.423 e. The van der Waals surface area contributed by atoms with Gasteiger partial charge in [-0.2, -0.15) is 21.9 Å². The maximum absolute atomic E-state index is 13.2. The molecule has 6 nitrogen and oxygen atoms in total. The van der Waals surface area contributed by atoms with Crippen molar-refractivity contribution in [3.05, 3.63) is 44.5 Å². The Morgan fingerprint density at radius 1 is 1.26 bits per heavy atom. The molecule has 0 amide bonds. The minimum absolute atomic E-state index is 0.284. The van der Waals surface area contributed by atoms with Crippen LogP contribution in [0.2, 0.25) is 0 Å². The van der Waals surface area contributed by atoms with E-state index in [1.54, 1.807) is 0 Å². The van der Waals surface area contributed by atoms with Crippen molar-refractivity contribution >= 4 is 11.7 Å². The minimum atomic E-state index is -4.81. The molecule has 0 spiro atoms. The molecule has 0 bridgehead atoms. The quantitative estimate of drug-likeness (QED) is 0.853. The molecule has 0 radical (unpaired) electrons. The molecule has 1 fully saturated rings. The summed E-state index contributed by atoms with van der Waals surface area (Å²) in [6, 6.07) is -0.302. The van der Waals surface area contributed by atoms with Crippen LogP contribution >= 0.6 is 11.7 Å². The van der Waals surface area contributed by atoms with E-state index >= 15 is 0 Å². The lowest BCUT2D eigenvalue weighted by Gasteiger charge is -2.18. The fourth-order valence-corrected chi connectivity index (χ4v) is 3.24. The highest BCUT2D eigenvalue weighted by atomic mass is 32.1. The van der Waals surface area contributed by atoms with Crippen LogP contribution in [0.15, 0.2) is 22.0 Å².